The van der Waals surface area contributed by atoms with E-state index >= 15 is 0 Å². The van der Waals surface area contributed by atoms with Crippen LogP contribution in [-0.2, 0) is 25.7 Å². The molecule has 0 amide bonds. The van der Waals surface area contributed by atoms with E-state index in [-0.39, 0.29) is 14.9 Å². The Balaban J connectivity index is 0.000000693. The third kappa shape index (κ3) is 24.1. The van der Waals surface area contributed by atoms with Gasteiger partial charge in [-0.2, -0.15) is 0 Å². The molecule has 0 aromatic heterocycles. The van der Waals surface area contributed by atoms with Gasteiger partial charge in [-0.1, -0.05) is 235 Å². The SMILES string of the molecule is C.C.CC1CCC(CC2CCC(C)CC2)CC1.CC1CCC(CC2CCCC(C)C2)CC1.CCC.CCc1ccc(CC)cc1.CCc1cccc(CC)c1. The summed E-state index contributed by atoms with van der Waals surface area (Å²) in [7, 11) is 0. The first-order valence-corrected chi connectivity index (χ1v) is 23.8. The van der Waals surface area contributed by atoms with Crippen molar-refractivity contribution in [3.05, 3.63) is 70.8 Å². The van der Waals surface area contributed by atoms with Gasteiger partial charge in [0.1, 0.15) is 0 Å². The molecule has 2 unspecified atom stereocenters. The third-order valence-corrected chi connectivity index (χ3v) is 13.4. The predicted molar refractivity (Wildman–Crippen MR) is 254 cm³/mol. The molecule has 0 radical (unpaired) electrons. The molecule has 2 atom stereocenters. The summed E-state index contributed by atoms with van der Waals surface area (Å²) in [6.07, 6.45) is 33.3. The molecule has 0 aliphatic heterocycles. The molecule has 0 N–H and O–H groups in total. The normalized spacial score (nSPS) is 27.2. The zero-order valence-electron chi connectivity index (χ0n) is 37.5. The molecule has 0 bridgehead atoms. The third-order valence-electron chi connectivity index (χ3n) is 13.4. The van der Waals surface area contributed by atoms with E-state index in [0.717, 1.165) is 73.0 Å². The van der Waals surface area contributed by atoms with Crippen LogP contribution in [0.4, 0.5) is 0 Å². The van der Waals surface area contributed by atoms with Crippen LogP contribution in [-0.4, -0.2) is 0 Å². The van der Waals surface area contributed by atoms with Crippen LogP contribution < -0.4 is 0 Å². The van der Waals surface area contributed by atoms with Crippen LogP contribution in [0.1, 0.15) is 228 Å². The quantitative estimate of drug-likeness (QED) is 0.251. The van der Waals surface area contributed by atoms with Crippen molar-refractivity contribution in [2.24, 2.45) is 47.3 Å². The fourth-order valence-corrected chi connectivity index (χ4v) is 9.49. The topological polar surface area (TPSA) is 0 Å². The van der Waals surface area contributed by atoms with Gasteiger partial charge in [-0.05, 0) is 115 Å². The van der Waals surface area contributed by atoms with E-state index in [1.54, 1.807) is 12.8 Å². The van der Waals surface area contributed by atoms with E-state index in [1.165, 1.54) is 131 Å². The van der Waals surface area contributed by atoms with Gasteiger partial charge >= 0.3 is 0 Å². The molecular formula is C55H100. The van der Waals surface area contributed by atoms with Crippen molar-refractivity contribution in [3.8, 4) is 0 Å². The van der Waals surface area contributed by atoms with Crippen molar-refractivity contribution in [2.75, 3.05) is 0 Å². The minimum atomic E-state index is 0. The number of benzene rings is 2. The molecule has 4 aliphatic rings. The molecule has 0 heterocycles. The molecular weight excluding hydrogens is 661 g/mol. The first-order chi connectivity index (χ1) is 25.6. The van der Waals surface area contributed by atoms with Gasteiger partial charge in [0.15, 0.2) is 0 Å². The number of rotatable bonds is 8. The van der Waals surface area contributed by atoms with Crippen LogP contribution in [0.3, 0.4) is 0 Å². The maximum absolute atomic E-state index is 2.45. The van der Waals surface area contributed by atoms with E-state index < -0.39 is 0 Å². The van der Waals surface area contributed by atoms with Crippen LogP contribution >= 0.6 is 0 Å². The van der Waals surface area contributed by atoms with Crippen molar-refractivity contribution in [1.29, 1.82) is 0 Å². The van der Waals surface area contributed by atoms with Crippen LogP contribution in [0.2, 0.25) is 0 Å². The number of hydrogen-bond donors (Lipinski definition) is 0. The Morgan fingerprint density at radius 2 is 0.709 bits per heavy atom. The maximum atomic E-state index is 2.45. The molecule has 0 heteroatoms. The van der Waals surface area contributed by atoms with Crippen LogP contribution in [0.15, 0.2) is 48.5 Å². The van der Waals surface area contributed by atoms with Gasteiger partial charge in [0, 0.05) is 0 Å². The lowest BCUT2D eigenvalue weighted by atomic mass is 9.73. The highest BCUT2D eigenvalue weighted by atomic mass is 14.3. The van der Waals surface area contributed by atoms with Crippen molar-refractivity contribution in [1.82, 2.24) is 0 Å². The summed E-state index contributed by atoms with van der Waals surface area (Å²) in [5, 5.41) is 0. The molecule has 55 heavy (non-hydrogen) atoms. The molecule has 4 fully saturated rings. The molecule has 0 spiro atoms. The molecule has 2 aromatic carbocycles. The van der Waals surface area contributed by atoms with Crippen molar-refractivity contribution >= 4 is 0 Å². The second-order valence-electron chi connectivity index (χ2n) is 18.7. The molecule has 0 nitrogen and oxygen atoms in total. The number of hydrogen-bond acceptors (Lipinski definition) is 0. The summed E-state index contributed by atoms with van der Waals surface area (Å²) in [5.41, 5.74) is 5.74. The second-order valence-corrected chi connectivity index (χ2v) is 18.7. The van der Waals surface area contributed by atoms with Crippen molar-refractivity contribution < 1.29 is 0 Å². The van der Waals surface area contributed by atoms with Crippen molar-refractivity contribution in [2.45, 2.75) is 232 Å². The van der Waals surface area contributed by atoms with Crippen LogP contribution in [0.25, 0.3) is 0 Å². The number of aryl methyl sites for hydroxylation is 4. The van der Waals surface area contributed by atoms with Gasteiger partial charge in [-0.3, -0.25) is 0 Å². The molecule has 320 valence electrons. The average Bonchev–Trinajstić information content (AvgIpc) is 3.18. The van der Waals surface area contributed by atoms with E-state index in [2.05, 4.69) is 118 Å². The minimum absolute atomic E-state index is 0. The fraction of sp³-hybridized carbons (Fsp3) is 0.782. The smallest absolute Gasteiger partial charge is 0.0307 e. The standard InChI is InChI=1S/2C15H28.2C10H14.C3H8.2CH4/c1-12-3-7-14(8-4-12)11-15-9-5-13(2)6-10-15;1-12-6-8-14(9-7-12)11-15-5-3-4-13(2)10-15;1-3-9-5-7-10(4-2)8-6-9;1-3-9-6-5-7-10(4-2)8-9;1-3-2;;/h2*12-15H,3-11H2,1-2H3;2*5-8H,3-4H2,1-2H3;3H2,1-2H3;2*1H4. The van der Waals surface area contributed by atoms with E-state index in [0.29, 0.717) is 0 Å². The van der Waals surface area contributed by atoms with Crippen molar-refractivity contribution in [3.63, 3.8) is 0 Å². The van der Waals surface area contributed by atoms with Crippen LogP contribution in [0, 0.1) is 47.3 Å². The molecule has 0 saturated heterocycles. The van der Waals surface area contributed by atoms with Gasteiger partial charge in [-0.25, -0.2) is 0 Å². The lowest BCUT2D eigenvalue weighted by Gasteiger charge is -2.33. The lowest BCUT2D eigenvalue weighted by molar-refractivity contribution is 0.196. The Bertz CT molecular complexity index is 1040. The van der Waals surface area contributed by atoms with Gasteiger partial charge in [0.2, 0.25) is 0 Å². The Morgan fingerprint density at radius 1 is 0.382 bits per heavy atom. The summed E-state index contributed by atoms with van der Waals surface area (Å²) in [5.74, 6) is 8.46. The monoisotopic (exact) mass is 761 g/mol. The average molecular weight is 761 g/mol. The van der Waals surface area contributed by atoms with E-state index in [4.69, 9.17) is 0 Å². The molecule has 2 aromatic rings. The Hall–Kier alpha value is -1.56. The summed E-state index contributed by atoms with van der Waals surface area (Å²) in [4.78, 5) is 0. The summed E-state index contributed by atoms with van der Waals surface area (Å²) < 4.78 is 0. The first kappa shape index (κ1) is 53.4. The highest BCUT2D eigenvalue weighted by Crippen LogP contribution is 2.39. The van der Waals surface area contributed by atoms with Gasteiger partial charge in [0.25, 0.3) is 0 Å². The Morgan fingerprint density at radius 3 is 1.02 bits per heavy atom. The highest BCUT2D eigenvalue weighted by molar-refractivity contribution is 5.23. The summed E-state index contributed by atoms with van der Waals surface area (Å²) in [6.45, 7) is 22.7. The van der Waals surface area contributed by atoms with Gasteiger partial charge in [-0.15, -0.1) is 0 Å². The second kappa shape index (κ2) is 32.4. The zero-order chi connectivity index (χ0) is 38.8. The van der Waals surface area contributed by atoms with E-state index in [9.17, 15) is 0 Å². The fourth-order valence-electron chi connectivity index (χ4n) is 9.49. The summed E-state index contributed by atoms with van der Waals surface area (Å²) in [6, 6.07) is 17.6. The molecule has 6 rings (SSSR count). The Labute approximate surface area is 348 Å². The zero-order valence-corrected chi connectivity index (χ0v) is 37.5. The maximum Gasteiger partial charge on any atom is -0.0307 e. The first-order valence-electron chi connectivity index (χ1n) is 23.8. The summed E-state index contributed by atoms with van der Waals surface area (Å²) >= 11 is 0. The lowest BCUT2D eigenvalue weighted by Crippen LogP contribution is -2.19. The molecule has 4 aliphatic carbocycles. The molecule has 4 saturated carbocycles. The van der Waals surface area contributed by atoms with Gasteiger partial charge in [0.05, 0.1) is 0 Å². The minimum Gasteiger partial charge on any atom is -0.0776 e. The largest absolute Gasteiger partial charge is 0.0776 e. The van der Waals surface area contributed by atoms with E-state index in [1.807, 2.05) is 0 Å². The Kier molecular flexibility index (Phi) is 31.5. The highest BCUT2D eigenvalue weighted by Gasteiger charge is 2.26. The predicted octanol–water partition coefficient (Wildman–Crippen LogP) is 18.4. The van der Waals surface area contributed by atoms with Crippen LogP contribution in [0.5, 0.6) is 0 Å². The van der Waals surface area contributed by atoms with Gasteiger partial charge < -0.3 is 0 Å².